The van der Waals surface area contributed by atoms with Crippen molar-refractivity contribution in [3.05, 3.63) is 17.0 Å². The van der Waals surface area contributed by atoms with Crippen LogP contribution in [0.3, 0.4) is 0 Å². The van der Waals surface area contributed by atoms with E-state index in [1.807, 2.05) is 0 Å². The van der Waals surface area contributed by atoms with Crippen LogP contribution < -0.4 is 5.73 Å². The van der Waals surface area contributed by atoms with Crippen LogP contribution in [0.4, 0.5) is 5.82 Å². The van der Waals surface area contributed by atoms with Gasteiger partial charge in [-0.25, -0.2) is 9.97 Å². The number of nitrogens with two attached hydrogens (primary N) is 1. The maximum absolute atomic E-state index is 5.56. The number of rotatable bonds is 1. The van der Waals surface area contributed by atoms with E-state index in [2.05, 4.69) is 34.4 Å². The van der Waals surface area contributed by atoms with Gasteiger partial charge < -0.3 is 5.73 Å². The number of hydrogen-bond donors (Lipinski definition) is 2. The quantitative estimate of drug-likeness (QED) is 0.548. The molecule has 0 fully saturated rings. The van der Waals surface area contributed by atoms with Crippen LogP contribution in [0.1, 0.15) is 12.1 Å². The molecule has 3 nitrogen and oxygen atoms in total. The Labute approximate surface area is 87.1 Å². The third-order valence-electron chi connectivity index (χ3n) is 1.21. The lowest BCUT2D eigenvalue weighted by Crippen LogP contribution is -1.97. The maximum Gasteiger partial charge on any atom is 0.159 e. The van der Waals surface area contributed by atoms with Crippen molar-refractivity contribution in [1.82, 2.24) is 9.97 Å². The molecule has 68 valence electrons. The van der Waals surface area contributed by atoms with Crippen LogP contribution in [-0.4, -0.2) is 15.7 Å². The van der Waals surface area contributed by atoms with Crippen molar-refractivity contribution in [3.63, 3.8) is 0 Å². The van der Waals surface area contributed by atoms with Gasteiger partial charge in [0.15, 0.2) is 11.5 Å². The minimum absolute atomic E-state index is 0.263. The van der Waals surface area contributed by atoms with Crippen molar-refractivity contribution < 1.29 is 0 Å². The molecular weight excluding hydrogens is 206 g/mol. The molecule has 2 N–H and O–H groups in total. The van der Waals surface area contributed by atoms with E-state index in [4.69, 9.17) is 17.3 Å². The molecule has 0 saturated heterocycles. The number of aromatic nitrogens is 2. The zero-order chi connectivity index (χ0) is 9.68. The molecule has 1 aromatic rings. The first kappa shape index (κ1) is 10.2. The Kier molecular flexibility index (Phi) is 3.87. The molecule has 0 bridgehead atoms. The predicted octanol–water partition coefficient (Wildman–Crippen LogP) is 1.38. The first-order chi connectivity index (χ1) is 6.24. The highest BCUT2D eigenvalue weighted by Gasteiger charge is 1.98. The Bertz CT molecular complexity index is 356. The van der Waals surface area contributed by atoms with Gasteiger partial charge in [0.25, 0.3) is 0 Å². The number of anilines is 1. The number of thiol groups is 1. The molecular formula is C8H8ClN3S. The lowest BCUT2D eigenvalue weighted by Gasteiger charge is -1.95. The fourth-order valence-electron chi connectivity index (χ4n) is 0.679. The molecule has 0 aliphatic heterocycles. The van der Waals surface area contributed by atoms with Gasteiger partial charge in [-0.2, -0.15) is 12.6 Å². The van der Waals surface area contributed by atoms with Gasteiger partial charge in [-0.3, -0.25) is 0 Å². The zero-order valence-electron chi connectivity index (χ0n) is 6.79. The summed E-state index contributed by atoms with van der Waals surface area (Å²) in [6, 6.07) is 0. The molecule has 0 radical (unpaired) electrons. The third kappa shape index (κ3) is 3.13. The lowest BCUT2D eigenvalue weighted by molar-refractivity contribution is 1.18. The van der Waals surface area contributed by atoms with Gasteiger partial charge in [0.1, 0.15) is 5.15 Å². The molecule has 0 spiro atoms. The number of hydrogen-bond acceptors (Lipinski definition) is 4. The SMILES string of the molecule is Nc1nc(Cl)cnc1C#CCCS. The van der Waals surface area contributed by atoms with Crippen LogP contribution in [0.5, 0.6) is 0 Å². The second-order valence-corrected chi connectivity index (χ2v) is 3.04. The van der Waals surface area contributed by atoms with Crippen molar-refractivity contribution in [2.75, 3.05) is 11.5 Å². The molecule has 5 heteroatoms. The van der Waals surface area contributed by atoms with Gasteiger partial charge in [-0.1, -0.05) is 17.5 Å². The normalized spacial score (nSPS) is 9.08. The highest BCUT2D eigenvalue weighted by atomic mass is 35.5. The lowest BCUT2D eigenvalue weighted by atomic mass is 10.4. The highest BCUT2D eigenvalue weighted by Crippen LogP contribution is 2.08. The van der Waals surface area contributed by atoms with Crippen molar-refractivity contribution in [3.8, 4) is 11.8 Å². The monoisotopic (exact) mass is 213 g/mol. The first-order valence-corrected chi connectivity index (χ1v) is 4.63. The molecule has 0 atom stereocenters. The Hall–Kier alpha value is -0.920. The Morgan fingerprint density at radius 2 is 2.38 bits per heavy atom. The fourth-order valence-corrected chi connectivity index (χ4v) is 0.931. The molecule has 0 unspecified atom stereocenters. The third-order valence-corrected chi connectivity index (χ3v) is 1.62. The van der Waals surface area contributed by atoms with E-state index in [0.717, 1.165) is 0 Å². The van der Waals surface area contributed by atoms with Gasteiger partial charge in [0.2, 0.25) is 0 Å². The highest BCUT2D eigenvalue weighted by molar-refractivity contribution is 7.80. The molecule has 1 rings (SSSR count). The van der Waals surface area contributed by atoms with E-state index >= 15 is 0 Å². The minimum atomic E-state index is 0.263. The summed E-state index contributed by atoms with van der Waals surface area (Å²) in [5, 5.41) is 0.275. The predicted molar refractivity (Wildman–Crippen MR) is 56.8 cm³/mol. The average molecular weight is 214 g/mol. The average Bonchev–Trinajstić information content (AvgIpc) is 2.09. The van der Waals surface area contributed by atoms with Gasteiger partial charge in [-0.05, 0) is 5.92 Å². The first-order valence-electron chi connectivity index (χ1n) is 3.62. The largest absolute Gasteiger partial charge is 0.381 e. The topological polar surface area (TPSA) is 51.8 Å². The van der Waals surface area contributed by atoms with Crippen molar-refractivity contribution in [2.24, 2.45) is 0 Å². The summed E-state index contributed by atoms with van der Waals surface area (Å²) in [4.78, 5) is 7.74. The van der Waals surface area contributed by atoms with Crippen LogP contribution in [0.2, 0.25) is 5.15 Å². The van der Waals surface area contributed by atoms with Crippen LogP contribution in [0.15, 0.2) is 6.20 Å². The molecule has 0 aliphatic carbocycles. The van der Waals surface area contributed by atoms with E-state index < -0.39 is 0 Å². The van der Waals surface area contributed by atoms with Gasteiger partial charge in [0, 0.05) is 12.2 Å². The van der Waals surface area contributed by atoms with E-state index in [9.17, 15) is 0 Å². The molecule has 0 aliphatic rings. The Morgan fingerprint density at radius 3 is 3.00 bits per heavy atom. The van der Waals surface area contributed by atoms with E-state index in [1.54, 1.807) is 0 Å². The molecule has 13 heavy (non-hydrogen) atoms. The maximum atomic E-state index is 5.56. The fraction of sp³-hybridized carbons (Fsp3) is 0.250. The van der Waals surface area contributed by atoms with E-state index in [1.165, 1.54) is 6.20 Å². The molecule has 0 saturated carbocycles. The number of nitrogen functional groups attached to an aromatic ring is 1. The summed E-state index contributed by atoms with van der Waals surface area (Å²) in [6.45, 7) is 0. The standard InChI is InChI=1S/C8H8ClN3S/c9-7-5-11-6(8(10)12-7)3-1-2-4-13/h5,13H,2,4H2,(H2,10,12). The smallest absolute Gasteiger partial charge is 0.159 e. The summed E-state index contributed by atoms with van der Waals surface area (Å²) < 4.78 is 0. The summed E-state index contributed by atoms with van der Waals surface area (Å²) >= 11 is 9.58. The van der Waals surface area contributed by atoms with Gasteiger partial charge >= 0.3 is 0 Å². The van der Waals surface area contributed by atoms with Gasteiger partial charge in [0.05, 0.1) is 6.20 Å². The minimum Gasteiger partial charge on any atom is -0.381 e. The van der Waals surface area contributed by atoms with Crippen LogP contribution in [-0.2, 0) is 0 Å². The zero-order valence-corrected chi connectivity index (χ0v) is 8.44. The number of nitrogens with zero attached hydrogens (tertiary/aromatic N) is 2. The van der Waals surface area contributed by atoms with E-state index in [0.29, 0.717) is 17.9 Å². The van der Waals surface area contributed by atoms with Crippen molar-refractivity contribution in [1.29, 1.82) is 0 Å². The van der Waals surface area contributed by atoms with Crippen LogP contribution >= 0.6 is 24.2 Å². The molecule has 1 aromatic heterocycles. The Balaban J connectivity index is 2.85. The molecule has 0 amide bonds. The van der Waals surface area contributed by atoms with Crippen molar-refractivity contribution in [2.45, 2.75) is 6.42 Å². The summed E-state index contributed by atoms with van der Waals surface area (Å²) in [7, 11) is 0. The molecule has 0 aromatic carbocycles. The summed E-state index contributed by atoms with van der Waals surface area (Å²) in [6.07, 6.45) is 2.12. The van der Waals surface area contributed by atoms with Crippen LogP contribution in [0.25, 0.3) is 0 Å². The second-order valence-electron chi connectivity index (χ2n) is 2.20. The number of halogens is 1. The Morgan fingerprint density at radius 1 is 1.62 bits per heavy atom. The summed E-state index contributed by atoms with van der Waals surface area (Å²) in [5.74, 6) is 6.62. The second kappa shape index (κ2) is 4.95. The summed E-state index contributed by atoms with van der Waals surface area (Å²) in [5.41, 5.74) is 5.99. The van der Waals surface area contributed by atoms with Gasteiger partial charge in [-0.15, -0.1) is 0 Å². The van der Waals surface area contributed by atoms with Crippen molar-refractivity contribution >= 4 is 30.0 Å². The molecule has 1 heterocycles. The van der Waals surface area contributed by atoms with E-state index in [-0.39, 0.29) is 11.0 Å². The van der Waals surface area contributed by atoms with Crippen LogP contribution in [0, 0.1) is 11.8 Å².